The van der Waals surface area contributed by atoms with Gasteiger partial charge in [-0.25, -0.2) is 9.67 Å². The van der Waals surface area contributed by atoms with Crippen molar-refractivity contribution in [1.29, 1.82) is 0 Å². The molecule has 1 saturated carbocycles. The van der Waals surface area contributed by atoms with Crippen molar-refractivity contribution in [1.82, 2.24) is 29.5 Å². The molecule has 9 heteroatoms. The summed E-state index contributed by atoms with van der Waals surface area (Å²) in [7, 11) is 0. The van der Waals surface area contributed by atoms with Crippen LogP contribution in [0, 0.1) is 6.92 Å². The number of nitrogens with zero attached hydrogens (tertiary/aromatic N) is 6. The van der Waals surface area contributed by atoms with Crippen molar-refractivity contribution in [2.24, 2.45) is 5.73 Å². The summed E-state index contributed by atoms with van der Waals surface area (Å²) in [6.45, 7) is 3.91. The maximum atomic E-state index is 11.9. The largest absolute Gasteiger partial charge is 0.388 e. The lowest BCUT2D eigenvalue weighted by Crippen LogP contribution is -2.43. The molecule has 4 aromatic rings. The van der Waals surface area contributed by atoms with Crippen molar-refractivity contribution in [3.63, 3.8) is 0 Å². The van der Waals surface area contributed by atoms with E-state index in [1.807, 2.05) is 36.7 Å². The maximum Gasteiger partial charge on any atom is 0.248 e. The zero-order valence-corrected chi connectivity index (χ0v) is 18.7. The Kier molecular flexibility index (Phi) is 5.20. The van der Waals surface area contributed by atoms with Gasteiger partial charge in [0.2, 0.25) is 5.91 Å². The Morgan fingerprint density at radius 1 is 1.30 bits per heavy atom. The normalized spacial score (nSPS) is 21.8. The standard InChI is InChI=1S/C24H27N7O2/c1-15-10-17(7-9-27-15)22-20-11-18(23(25)32)5-6-21(20)31(29-22)19-4-3-8-24(33,12-19)16(2)30-14-26-13-28-30/h5-7,9-11,13-14,16,19,33H,3-4,8,12H2,1-2H3,(H2,25,32). The lowest BCUT2D eigenvalue weighted by Gasteiger charge is -2.40. The van der Waals surface area contributed by atoms with E-state index in [1.165, 1.54) is 6.33 Å². The van der Waals surface area contributed by atoms with Gasteiger partial charge in [0.25, 0.3) is 0 Å². The average Bonchev–Trinajstić information content (AvgIpc) is 3.46. The summed E-state index contributed by atoms with van der Waals surface area (Å²) in [6, 6.07) is 9.11. The molecule has 1 fully saturated rings. The number of hydrogen-bond acceptors (Lipinski definition) is 6. The number of rotatable bonds is 5. The number of aryl methyl sites for hydroxylation is 1. The van der Waals surface area contributed by atoms with Crippen LogP contribution in [0.2, 0.25) is 0 Å². The average molecular weight is 446 g/mol. The van der Waals surface area contributed by atoms with E-state index in [0.29, 0.717) is 18.4 Å². The molecule has 1 aliphatic carbocycles. The number of fused-ring (bicyclic) bond motifs is 1. The molecule has 1 amide bonds. The zero-order chi connectivity index (χ0) is 23.2. The Hall–Kier alpha value is -3.59. The summed E-state index contributed by atoms with van der Waals surface area (Å²) in [4.78, 5) is 20.2. The second kappa shape index (κ2) is 8.08. The highest BCUT2D eigenvalue weighted by Gasteiger charge is 2.41. The highest BCUT2D eigenvalue weighted by molar-refractivity contribution is 6.01. The topological polar surface area (TPSA) is 125 Å². The quantitative estimate of drug-likeness (QED) is 0.486. The van der Waals surface area contributed by atoms with E-state index >= 15 is 0 Å². The third-order valence-electron chi connectivity index (χ3n) is 6.85. The minimum absolute atomic E-state index is 0.00617. The molecule has 1 aromatic carbocycles. The van der Waals surface area contributed by atoms with Crippen LogP contribution in [0.25, 0.3) is 22.2 Å². The molecule has 0 radical (unpaired) electrons. The molecule has 3 unspecified atom stereocenters. The number of amides is 1. The molecule has 1 aliphatic rings. The smallest absolute Gasteiger partial charge is 0.248 e. The van der Waals surface area contributed by atoms with Crippen molar-refractivity contribution < 1.29 is 9.90 Å². The first-order valence-electron chi connectivity index (χ1n) is 11.2. The van der Waals surface area contributed by atoms with Crippen LogP contribution >= 0.6 is 0 Å². The fraction of sp³-hybridized carbons (Fsp3) is 0.375. The van der Waals surface area contributed by atoms with Crippen molar-refractivity contribution >= 4 is 16.8 Å². The zero-order valence-electron chi connectivity index (χ0n) is 18.7. The number of nitrogens with two attached hydrogens (primary N) is 1. The number of primary amides is 1. The summed E-state index contributed by atoms with van der Waals surface area (Å²) in [5.41, 5.74) is 8.56. The second-order valence-corrected chi connectivity index (χ2v) is 8.98. The van der Waals surface area contributed by atoms with Crippen LogP contribution in [0.5, 0.6) is 0 Å². The van der Waals surface area contributed by atoms with Crippen molar-refractivity contribution in [3.8, 4) is 11.3 Å². The summed E-state index contributed by atoms with van der Waals surface area (Å²) >= 11 is 0. The molecular formula is C24H27N7O2. The number of carbonyl (C=O) groups is 1. The molecule has 0 aliphatic heterocycles. The molecule has 0 spiro atoms. The first-order valence-corrected chi connectivity index (χ1v) is 11.2. The monoisotopic (exact) mass is 445 g/mol. The SMILES string of the molecule is Cc1cc(-c2nn(C3CCCC(O)(C(C)n4cncn4)C3)c3ccc(C(N)=O)cc23)ccn1. The lowest BCUT2D eigenvalue weighted by molar-refractivity contribution is -0.0557. The van der Waals surface area contributed by atoms with E-state index in [4.69, 9.17) is 10.8 Å². The molecule has 3 heterocycles. The lowest BCUT2D eigenvalue weighted by atomic mass is 9.77. The van der Waals surface area contributed by atoms with Crippen LogP contribution < -0.4 is 5.73 Å². The first-order chi connectivity index (χ1) is 15.9. The minimum atomic E-state index is -0.935. The predicted molar refractivity (Wildman–Crippen MR) is 123 cm³/mol. The summed E-state index contributed by atoms with van der Waals surface area (Å²) in [5.74, 6) is -0.477. The third-order valence-corrected chi connectivity index (χ3v) is 6.85. The second-order valence-electron chi connectivity index (χ2n) is 8.98. The van der Waals surface area contributed by atoms with Gasteiger partial charge < -0.3 is 10.8 Å². The van der Waals surface area contributed by atoms with Gasteiger partial charge in [0.15, 0.2) is 0 Å². The molecule has 33 heavy (non-hydrogen) atoms. The fourth-order valence-corrected chi connectivity index (χ4v) is 4.99. The Balaban J connectivity index is 1.60. The van der Waals surface area contributed by atoms with Gasteiger partial charge in [-0.1, -0.05) is 0 Å². The molecule has 170 valence electrons. The predicted octanol–water partition coefficient (Wildman–Crippen LogP) is 3.20. The number of hydrogen-bond donors (Lipinski definition) is 2. The Morgan fingerprint density at radius 2 is 2.15 bits per heavy atom. The fourth-order valence-electron chi connectivity index (χ4n) is 4.99. The molecule has 3 N–H and O–H groups in total. The van der Waals surface area contributed by atoms with Crippen LogP contribution in [0.4, 0.5) is 0 Å². The Morgan fingerprint density at radius 3 is 2.88 bits per heavy atom. The van der Waals surface area contributed by atoms with E-state index in [0.717, 1.165) is 40.7 Å². The van der Waals surface area contributed by atoms with Gasteiger partial charge in [-0.15, -0.1) is 0 Å². The van der Waals surface area contributed by atoms with E-state index in [-0.39, 0.29) is 12.1 Å². The van der Waals surface area contributed by atoms with Crippen LogP contribution in [-0.4, -0.2) is 46.1 Å². The molecule has 3 aromatic heterocycles. The molecular weight excluding hydrogens is 418 g/mol. The molecule has 9 nitrogen and oxygen atoms in total. The van der Waals surface area contributed by atoms with Crippen molar-refractivity contribution in [3.05, 3.63) is 60.4 Å². The van der Waals surface area contributed by atoms with Crippen molar-refractivity contribution in [2.75, 3.05) is 0 Å². The van der Waals surface area contributed by atoms with Crippen LogP contribution in [0.15, 0.2) is 49.2 Å². The van der Waals surface area contributed by atoms with Gasteiger partial charge in [0, 0.05) is 34.8 Å². The van der Waals surface area contributed by atoms with E-state index in [1.54, 1.807) is 29.3 Å². The van der Waals surface area contributed by atoms with Gasteiger partial charge in [-0.3, -0.25) is 14.5 Å². The van der Waals surface area contributed by atoms with Crippen molar-refractivity contribution in [2.45, 2.75) is 57.2 Å². The minimum Gasteiger partial charge on any atom is -0.388 e. The molecule has 3 atom stereocenters. The summed E-state index contributed by atoms with van der Waals surface area (Å²) < 4.78 is 3.72. The third kappa shape index (κ3) is 3.78. The first kappa shape index (κ1) is 21.3. The van der Waals surface area contributed by atoms with E-state index in [9.17, 15) is 9.90 Å². The maximum absolute atomic E-state index is 11.9. The molecule has 5 rings (SSSR count). The van der Waals surface area contributed by atoms with Gasteiger partial charge in [-0.05, 0) is 63.4 Å². The van der Waals surface area contributed by atoms with E-state index in [2.05, 4.69) is 15.1 Å². The van der Waals surface area contributed by atoms with Gasteiger partial charge >= 0.3 is 0 Å². The summed E-state index contributed by atoms with van der Waals surface area (Å²) in [5, 5.41) is 21.7. The number of benzene rings is 1. The van der Waals surface area contributed by atoms with E-state index < -0.39 is 11.5 Å². The van der Waals surface area contributed by atoms with Gasteiger partial charge in [0.1, 0.15) is 18.3 Å². The highest BCUT2D eigenvalue weighted by atomic mass is 16.3. The molecule has 0 bridgehead atoms. The summed E-state index contributed by atoms with van der Waals surface area (Å²) in [6.07, 6.45) is 7.88. The highest BCUT2D eigenvalue weighted by Crippen LogP contribution is 2.43. The number of aromatic nitrogens is 6. The Bertz CT molecular complexity index is 1310. The van der Waals surface area contributed by atoms with Crippen LogP contribution in [0.3, 0.4) is 0 Å². The van der Waals surface area contributed by atoms with Crippen LogP contribution in [0.1, 0.15) is 60.7 Å². The number of carbonyl (C=O) groups excluding carboxylic acids is 1. The van der Waals surface area contributed by atoms with Gasteiger partial charge in [0.05, 0.1) is 23.2 Å². The number of pyridine rings is 1. The van der Waals surface area contributed by atoms with Gasteiger partial charge in [-0.2, -0.15) is 10.2 Å². The molecule has 0 saturated heterocycles. The Labute approximate surface area is 191 Å². The van der Waals surface area contributed by atoms with Crippen LogP contribution in [-0.2, 0) is 0 Å². The number of aliphatic hydroxyl groups is 1.